The fourth-order valence-electron chi connectivity index (χ4n) is 4.19. The minimum Gasteiger partial charge on any atom is -0.465 e. The first-order chi connectivity index (χ1) is 18.6. The van der Waals surface area contributed by atoms with E-state index in [2.05, 4.69) is 11.3 Å². The Morgan fingerprint density at radius 1 is 0.949 bits per heavy atom. The second kappa shape index (κ2) is 11.9. The van der Waals surface area contributed by atoms with Gasteiger partial charge in [-0.1, -0.05) is 67.2 Å². The van der Waals surface area contributed by atoms with Crippen LogP contribution in [0.4, 0.5) is 0 Å². The molecule has 1 aliphatic heterocycles. The van der Waals surface area contributed by atoms with Crippen molar-refractivity contribution in [2.45, 2.75) is 35.8 Å². The molecule has 2 atom stereocenters. The average Bonchev–Trinajstić information content (AvgIpc) is 2.94. The predicted octanol–water partition coefficient (Wildman–Crippen LogP) is 4.73. The highest BCUT2D eigenvalue weighted by atomic mass is 33.1. The van der Waals surface area contributed by atoms with E-state index in [4.69, 9.17) is 4.74 Å². The minimum atomic E-state index is -3.93. The molecule has 202 valence electrons. The number of hydrogen-bond donors (Lipinski definition) is 0. The van der Waals surface area contributed by atoms with Gasteiger partial charge in [-0.25, -0.2) is 18.0 Å². The number of ether oxygens (including phenoxy) is 2. The molecule has 39 heavy (non-hydrogen) atoms. The highest BCUT2D eigenvalue weighted by molar-refractivity contribution is 8.72. The van der Waals surface area contributed by atoms with Gasteiger partial charge in [-0.15, -0.1) is 0 Å². The third-order valence-corrected chi connectivity index (χ3v) is 9.88. The predicted molar refractivity (Wildman–Crippen MR) is 147 cm³/mol. The van der Waals surface area contributed by atoms with E-state index in [1.807, 2.05) is 60.7 Å². The third-order valence-electron chi connectivity index (χ3n) is 6.16. The van der Waals surface area contributed by atoms with Crippen molar-refractivity contribution in [3.8, 4) is 0 Å². The lowest BCUT2D eigenvalue weighted by Crippen LogP contribution is -2.59. The fraction of sp³-hybridized carbons (Fsp3) is 0.207. The van der Waals surface area contributed by atoms with Crippen LogP contribution in [0.5, 0.6) is 0 Å². The summed E-state index contributed by atoms with van der Waals surface area (Å²) >= 11 is 0. The average molecular weight is 566 g/mol. The smallest absolute Gasteiger partial charge is 0.337 e. The lowest BCUT2D eigenvalue weighted by atomic mass is 10.00. The van der Waals surface area contributed by atoms with Gasteiger partial charge in [-0.3, -0.25) is 4.79 Å². The molecule has 1 heterocycles. The number of esters is 2. The summed E-state index contributed by atoms with van der Waals surface area (Å²) in [6, 6.07) is 22.5. The van der Waals surface area contributed by atoms with Crippen molar-refractivity contribution in [3.05, 3.63) is 114 Å². The van der Waals surface area contributed by atoms with E-state index >= 15 is 0 Å². The number of rotatable bonds is 10. The largest absolute Gasteiger partial charge is 0.465 e. The van der Waals surface area contributed by atoms with Crippen molar-refractivity contribution in [2.75, 3.05) is 7.11 Å². The number of β-lactam (4-membered cyclic amide) rings is 1. The zero-order valence-corrected chi connectivity index (χ0v) is 23.0. The van der Waals surface area contributed by atoms with Crippen molar-refractivity contribution in [2.24, 2.45) is 0 Å². The molecule has 0 aromatic heterocycles. The molecule has 0 saturated carbocycles. The van der Waals surface area contributed by atoms with E-state index in [1.54, 1.807) is 6.92 Å². The molecule has 0 bridgehead atoms. The molecule has 1 amide bonds. The molecule has 4 rings (SSSR count). The van der Waals surface area contributed by atoms with Crippen LogP contribution < -0.4 is 0 Å². The maximum Gasteiger partial charge on any atom is 0.337 e. The topological polar surface area (TPSA) is 107 Å². The van der Waals surface area contributed by atoms with Gasteiger partial charge in [-0.05, 0) is 58.7 Å². The van der Waals surface area contributed by atoms with Crippen LogP contribution in [0.15, 0.2) is 102 Å². The first-order valence-corrected chi connectivity index (χ1v) is 14.9. The summed E-state index contributed by atoms with van der Waals surface area (Å²) in [6.07, 6.45) is -0.802. The van der Waals surface area contributed by atoms with Crippen molar-refractivity contribution in [1.82, 2.24) is 4.90 Å². The summed E-state index contributed by atoms with van der Waals surface area (Å²) < 4.78 is 36.8. The Balaban J connectivity index is 1.56. The van der Waals surface area contributed by atoms with Crippen LogP contribution in [0.2, 0.25) is 0 Å². The fourth-order valence-corrected chi connectivity index (χ4v) is 7.63. The molecule has 0 unspecified atom stereocenters. The molecule has 10 heteroatoms. The molecule has 0 N–H and O–H groups in total. The zero-order chi connectivity index (χ0) is 28.2. The molecule has 1 fully saturated rings. The summed E-state index contributed by atoms with van der Waals surface area (Å²) in [5, 5.41) is -0.830. The van der Waals surface area contributed by atoms with Crippen LogP contribution in [-0.2, 0) is 27.9 Å². The molecule has 1 saturated heterocycles. The molecule has 0 spiro atoms. The lowest BCUT2D eigenvalue weighted by molar-refractivity contribution is -0.162. The van der Waals surface area contributed by atoms with Gasteiger partial charge in [0.05, 0.1) is 24.0 Å². The van der Waals surface area contributed by atoms with Gasteiger partial charge in [0.15, 0.2) is 12.1 Å². The van der Waals surface area contributed by atoms with E-state index in [0.29, 0.717) is 16.4 Å². The van der Waals surface area contributed by atoms with Crippen LogP contribution in [0.25, 0.3) is 0 Å². The quantitative estimate of drug-likeness (QED) is 0.150. The maximum atomic E-state index is 13.6. The van der Waals surface area contributed by atoms with Crippen molar-refractivity contribution < 1.29 is 32.3 Å². The Morgan fingerprint density at radius 2 is 1.49 bits per heavy atom. The molecule has 3 aromatic carbocycles. The molecule has 3 aromatic rings. The highest BCUT2D eigenvalue weighted by Crippen LogP contribution is 2.40. The number of benzene rings is 3. The van der Waals surface area contributed by atoms with E-state index < -0.39 is 38.3 Å². The summed E-state index contributed by atoms with van der Waals surface area (Å²) in [7, 11) is -2.14. The van der Waals surface area contributed by atoms with Crippen LogP contribution >= 0.6 is 10.8 Å². The molecule has 0 aliphatic carbocycles. The van der Waals surface area contributed by atoms with E-state index in [9.17, 15) is 22.8 Å². The molecule has 1 aliphatic rings. The Kier molecular flexibility index (Phi) is 8.57. The van der Waals surface area contributed by atoms with Gasteiger partial charge in [0.25, 0.3) is 0 Å². The molecule has 8 nitrogen and oxygen atoms in total. The van der Waals surface area contributed by atoms with Crippen molar-refractivity contribution >= 4 is 37.5 Å². The summed E-state index contributed by atoms with van der Waals surface area (Å²) in [4.78, 5) is 39.1. The van der Waals surface area contributed by atoms with Gasteiger partial charge < -0.3 is 14.4 Å². The van der Waals surface area contributed by atoms with E-state index in [1.165, 1.54) is 36.3 Å². The first kappa shape index (κ1) is 28.1. The third kappa shape index (κ3) is 6.23. The summed E-state index contributed by atoms with van der Waals surface area (Å²) in [5.41, 5.74) is 2.05. The second-order valence-corrected chi connectivity index (χ2v) is 12.9. The number of hydrogen-bond acceptors (Lipinski definition) is 8. The van der Waals surface area contributed by atoms with Gasteiger partial charge in [0.2, 0.25) is 14.8 Å². The number of carbonyl (C=O) groups excluding carboxylic acids is 3. The zero-order valence-electron chi connectivity index (χ0n) is 21.4. The molecular formula is C29H27NO7S2. The van der Waals surface area contributed by atoms with E-state index in [0.717, 1.165) is 11.1 Å². The second-order valence-electron chi connectivity index (χ2n) is 8.91. The SMILES string of the molecule is C=C(C)[C@H](C(=O)OC(c1ccccc1)c1ccccc1)N1C(=O)C[C@H]1SS(=O)(=O)c1ccc(C(=O)OC)cc1. The standard InChI is InChI=1S/C29H27NO7S2/c1-19(2)26(29(33)37-27(20-10-6-4-7-11-20)21-12-8-5-9-13-21)30-24(31)18-25(30)38-39(34,35)23-16-14-22(15-17-23)28(32)36-3/h4-17,25-27H,1,18H2,2-3H3/t25-,26-/m1/s1. The van der Waals surface area contributed by atoms with Gasteiger partial charge in [-0.2, -0.15) is 0 Å². The van der Waals surface area contributed by atoms with Crippen molar-refractivity contribution in [3.63, 3.8) is 0 Å². The minimum absolute atomic E-state index is 0.0397. The monoisotopic (exact) mass is 565 g/mol. The van der Waals surface area contributed by atoms with Crippen LogP contribution in [0.3, 0.4) is 0 Å². The Bertz CT molecular complexity index is 1430. The number of amides is 1. The summed E-state index contributed by atoms with van der Waals surface area (Å²) in [6.45, 7) is 5.49. The normalized spacial score (nSPS) is 15.8. The van der Waals surface area contributed by atoms with Crippen LogP contribution in [0, 0.1) is 0 Å². The number of likely N-dealkylation sites (tertiary alicyclic amines) is 1. The Labute approximate surface area is 230 Å². The van der Waals surface area contributed by atoms with Crippen LogP contribution in [0.1, 0.15) is 40.9 Å². The van der Waals surface area contributed by atoms with Crippen molar-refractivity contribution in [1.29, 1.82) is 0 Å². The number of nitrogens with zero attached hydrogens (tertiary/aromatic N) is 1. The first-order valence-electron chi connectivity index (χ1n) is 12.0. The highest BCUT2D eigenvalue weighted by Gasteiger charge is 2.48. The number of methoxy groups -OCH3 is 1. The van der Waals surface area contributed by atoms with Gasteiger partial charge in [0, 0.05) is 0 Å². The lowest BCUT2D eigenvalue weighted by Gasteiger charge is -2.44. The molecular weight excluding hydrogens is 538 g/mol. The van der Waals surface area contributed by atoms with Gasteiger partial charge >= 0.3 is 11.9 Å². The van der Waals surface area contributed by atoms with Gasteiger partial charge in [0.1, 0.15) is 5.37 Å². The Morgan fingerprint density at radius 3 is 1.95 bits per heavy atom. The van der Waals surface area contributed by atoms with E-state index in [-0.39, 0.29) is 22.8 Å². The Hall–Kier alpha value is -3.89. The molecule has 0 radical (unpaired) electrons. The maximum absolute atomic E-state index is 13.6. The van der Waals surface area contributed by atoms with Crippen LogP contribution in [-0.4, -0.2) is 49.7 Å². The summed E-state index contributed by atoms with van der Waals surface area (Å²) in [5.74, 6) is -1.68. The number of carbonyl (C=O) groups is 3.